The van der Waals surface area contributed by atoms with Gasteiger partial charge in [0.2, 0.25) is 0 Å². The van der Waals surface area contributed by atoms with Gasteiger partial charge in [0.05, 0.1) is 5.56 Å². The van der Waals surface area contributed by atoms with Gasteiger partial charge in [0.1, 0.15) is 0 Å². The van der Waals surface area contributed by atoms with Crippen molar-refractivity contribution in [3.63, 3.8) is 0 Å². The molecular weight excluding hydrogens is 302 g/mol. The predicted octanol–water partition coefficient (Wildman–Crippen LogP) is 3.54. The van der Waals surface area contributed by atoms with E-state index in [4.69, 9.17) is 11.6 Å². The van der Waals surface area contributed by atoms with Crippen molar-refractivity contribution in [3.05, 3.63) is 34.3 Å². The number of nitrogens with zero attached hydrogens (tertiary/aromatic N) is 1. The number of halogens is 2. The first-order chi connectivity index (χ1) is 8.09. The van der Waals surface area contributed by atoms with Crippen molar-refractivity contribution in [2.24, 2.45) is 5.92 Å². The number of benzene rings is 1. The van der Waals surface area contributed by atoms with E-state index in [2.05, 4.69) is 22.9 Å². The van der Waals surface area contributed by atoms with Crippen molar-refractivity contribution in [1.82, 2.24) is 4.90 Å². The smallest absolute Gasteiger partial charge is 0.255 e. The highest BCUT2D eigenvalue weighted by atomic mass is 79.9. The number of carbonyl (C=O) groups is 1. The molecule has 1 aromatic carbocycles. The highest BCUT2D eigenvalue weighted by Crippen LogP contribution is 2.25. The molecule has 1 amide bonds. The molecule has 1 aliphatic rings. The lowest BCUT2D eigenvalue weighted by atomic mass is 9.99. The van der Waals surface area contributed by atoms with Gasteiger partial charge in [-0.05, 0) is 40.4 Å². The van der Waals surface area contributed by atoms with Crippen molar-refractivity contribution < 1.29 is 4.79 Å². The lowest BCUT2D eigenvalue weighted by Crippen LogP contribution is -2.43. The van der Waals surface area contributed by atoms with Crippen LogP contribution in [0.3, 0.4) is 0 Å². The second-order valence-corrected chi connectivity index (χ2v) is 5.93. The minimum Gasteiger partial charge on any atom is -0.338 e. The minimum atomic E-state index is 0.0906. The van der Waals surface area contributed by atoms with Crippen molar-refractivity contribution in [2.75, 3.05) is 13.1 Å². The predicted molar refractivity (Wildman–Crippen MR) is 73.5 cm³/mol. The lowest BCUT2D eigenvalue weighted by molar-refractivity contribution is 0.0686. The fourth-order valence-electron chi connectivity index (χ4n) is 2.11. The first-order valence-electron chi connectivity index (χ1n) is 5.77. The van der Waals surface area contributed by atoms with E-state index in [1.807, 2.05) is 29.2 Å². The van der Waals surface area contributed by atoms with Crippen LogP contribution in [0.15, 0.2) is 28.7 Å². The van der Waals surface area contributed by atoms with Gasteiger partial charge in [0, 0.05) is 22.9 Å². The molecule has 0 bridgehead atoms. The van der Waals surface area contributed by atoms with Gasteiger partial charge in [-0.1, -0.05) is 19.1 Å². The Bertz CT molecular complexity index is 424. The van der Waals surface area contributed by atoms with Gasteiger partial charge < -0.3 is 4.90 Å². The summed E-state index contributed by atoms with van der Waals surface area (Å²) in [6, 6.07) is 7.54. The Hall–Kier alpha value is -0.540. The summed E-state index contributed by atoms with van der Waals surface area (Å²) in [4.78, 5) is 14.2. The molecule has 17 heavy (non-hydrogen) atoms. The Kier molecular flexibility index (Phi) is 4.10. The van der Waals surface area contributed by atoms with E-state index in [0.717, 1.165) is 29.5 Å². The van der Waals surface area contributed by atoms with Crippen LogP contribution in [0.2, 0.25) is 0 Å². The van der Waals surface area contributed by atoms with Crippen LogP contribution in [-0.2, 0) is 0 Å². The van der Waals surface area contributed by atoms with Crippen LogP contribution < -0.4 is 0 Å². The van der Waals surface area contributed by atoms with Crippen molar-refractivity contribution >= 4 is 33.4 Å². The van der Waals surface area contributed by atoms with E-state index in [9.17, 15) is 4.79 Å². The fourth-order valence-corrected chi connectivity index (χ4v) is 2.74. The second kappa shape index (κ2) is 5.40. The number of carbonyl (C=O) groups excluding carboxylic acids is 1. The summed E-state index contributed by atoms with van der Waals surface area (Å²) in [7, 11) is 0. The normalized spacial score (nSPS) is 24.8. The monoisotopic (exact) mass is 315 g/mol. The average Bonchev–Trinajstić information content (AvgIpc) is 2.32. The van der Waals surface area contributed by atoms with Gasteiger partial charge in [-0.2, -0.15) is 0 Å². The second-order valence-electron chi connectivity index (χ2n) is 4.51. The van der Waals surface area contributed by atoms with Gasteiger partial charge in [-0.15, -0.1) is 11.6 Å². The van der Waals surface area contributed by atoms with Crippen molar-refractivity contribution in [1.29, 1.82) is 0 Å². The van der Waals surface area contributed by atoms with Gasteiger partial charge in [-0.3, -0.25) is 4.79 Å². The maximum atomic E-state index is 12.3. The van der Waals surface area contributed by atoms with Crippen LogP contribution in [0, 0.1) is 5.92 Å². The van der Waals surface area contributed by atoms with E-state index in [0.29, 0.717) is 5.92 Å². The summed E-state index contributed by atoms with van der Waals surface area (Å²) < 4.78 is 0.852. The zero-order valence-corrected chi connectivity index (χ0v) is 12.0. The molecule has 0 N–H and O–H groups in total. The topological polar surface area (TPSA) is 20.3 Å². The van der Waals surface area contributed by atoms with E-state index >= 15 is 0 Å². The molecule has 0 saturated carbocycles. The van der Waals surface area contributed by atoms with Crippen LogP contribution >= 0.6 is 27.5 Å². The zero-order valence-electron chi connectivity index (χ0n) is 9.70. The Labute approximate surface area is 115 Å². The first-order valence-corrected chi connectivity index (χ1v) is 7.00. The quantitative estimate of drug-likeness (QED) is 0.726. The van der Waals surface area contributed by atoms with Crippen LogP contribution in [0.1, 0.15) is 23.7 Å². The summed E-state index contributed by atoms with van der Waals surface area (Å²) in [5.41, 5.74) is 0.729. The zero-order chi connectivity index (χ0) is 12.4. The maximum Gasteiger partial charge on any atom is 0.255 e. The highest BCUT2D eigenvalue weighted by Gasteiger charge is 2.28. The first kappa shape index (κ1) is 12.9. The van der Waals surface area contributed by atoms with Crippen LogP contribution in [0.25, 0.3) is 0 Å². The molecule has 0 aromatic heterocycles. The standard InChI is InChI=1S/C13H15BrClNO/c1-9-8-16(7-6-12(9)15)13(17)10-4-2-3-5-11(10)14/h2-5,9,12H,6-8H2,1H3. The third-order valence-electron chi connectivity index (χ3n) is 3.19. The summed E-state index contributed by atoms with van der Waals surface area (Å²) in [6.07, 6.45) is 0.874. The molecule has 1 heterocycles. The molecule has 0 spiro atoms. The van der Waals surface area contributed by atoms with Crippen LogP contribution in [0.4, 0.5) is 0 Å². The van der Waals surface area contributed by atoms with E-state index in [-0.39, 0.29) is 11.3 Å². The number of rotatable bonds is 1. The molecule has 1 saturated heterocycles. The molecule has 2 rings (SSSR count). The van der Waals surface area contributed by atoms with E-state index in [1.54, 1.807) is 0 Å². The molecule has 2 atom stereocenters. The fraction of sp³-hybridized carbons (Fsp3) is 0.462. The number of hydrogen-bond acceptors (Lipinski definition) is 1. The van der Waals surface area contributed by atoms with Crippen LogP contribution in [-0.4, -0.2) is 29.3 Å². The minimum absolute atomic E-state index is 0.0906. The van der Waals surface area contributed by atoms with Gasteiger partial charge in [0.25, 0.3) is 5.91 Å². The number of hydrogen-bond donors (Lipinski definition) is 0. The summed E-state index contributed by atoms with van der Waals surface area (Å²) >= 11 is 9.58. The Balaban J connectivity index is 2.14. The molecule has 92 valence electrons. The largest absolute Gasteiger partial charge is 0.338 e. The molecule has 2 nitrogen and oxygen atoms in total. The summed E-state index contributed by atoms with van der Waals surface area (Å²) in [6.45, 7) is 3.59. The Morgan fingerprint density at radius 3 is 2.82 bits per heavy atom. The number of likely N-dealkylation sites (tertiary alicyclic amines) is 1. The SMILES string of the molecule is CC1CN(C(=O)c2ccccc2Br)CCC1Cl. The Morgan fingerprint density at radius 1 is 1.47 bits per heavy atom. The van der Waals surface area contributed by atoms with Gasteiger partial charge >= 0.3 is 0 Å². The number of piperidine rings is 1. The maximum absolute atomic E-state index is 12.3. The highest BCUT2D eigenvalue weighted by molar-refractivity contribution is 9.10. The molecule has 4 heteroatoms. The molecule has 1 aliphatic heterocycles. The average molecular weight is 317 g/mol. The van der Waals surface area contributed by atoms with Crippen LogP contribution in [0.5, 0.6) is 0 Å². The molecule has 0 aliphatic carbocycles. The molecule has 2 unspecified atom stereocenters. The van der Waals surface area contributed by atoms with E-state index in [1.165, 1.54) is 0 Å². The molecule has 1 fully saturated rings. The molecule has 1 aromatic rings. The molecular formula is C13H15BrClNO. The lowest BCUT2D eigenvalue weighted by Gasteiger charge is -2.34. The third-order valence-corrected chi connectivity index (χ3v) is 4.53. The third kappa shape index (κ3) is 2.83. The van der Waals surface area contributed by atoms with Crippen molar-refractivity contribution in [2.45, 2.75) is 18.7 Å². The van der Waals surface area contributed by atoms with Crippen molar-refractivity contribution in [3.8, 4) is 0 Å². The van der Waals surface area contributed by atoms with E-state index < -0.39 is 0 Å². The number of alkyl halides is 1. The Morgan fingerprint density at radius 2 is 2.18 bits per heavy atom. The summed E-state index contributed by atoms with van der Waals surface area (Å²) in [5, 5.41) is 0.193. The summed E-state index contributed by atoms with van der Waals surface area (Å²) in [5.74, 6) is 0.449. The van der Waals surface area contributed by atoms with Gasteiger partial charge in [-0.25, -0.2) is 0 Å². The molecule has 0 radical (unpaired) electrons. The number of amides is 1. The van der Waals surface area contributed by atoms with Gasteiger partial charge in [0.15, 0.2) is 0 Å².